The highest BCUT2D eigenvalue weighted by molar-refractivity contribution is 5.94. The maximum Gasteiger partial charge on any atom is 0.272 e. The lowest BCUT2D eigenvalue weighted by Gasteiger charge is -2.28. The fraction of sp³-hybridized carbons (Fsp3) is 0.500. The molecule has 0 bridgehead atoms. The molecule has 1 saturated carbocycles. The predicted octanol–water partition coefficient (Wildman–Crippen LogP) is 2.56. The van der Waals surface area contributed by atoms with E-state index in [-0.39, 0.29) is 12.5 Å². The highest BCUT2D eigenvalue weighted by Crippen LogP contribution is 2.39. The van der Waals surface area contributed by atoms with Gasteiger partial charge < -0.3 is 10.4 Å². The summed E-state index contributed by atoms with van der Waals surface area (Å²) in [6.45, 7) is 3.95. The van der Waals surface area contributed by atoms with Crippen LogP contribution in [-0.4, -0.2) is 32.9 Å². The standard InChI is InChI=1S/C20H25N3O2/c1-13-6-10-15(11-7-13)23-17-5-3-4-16(17)18(22-23)19(25)21-20(2,12-24)14-8-9-14/h6-7,10-11,14,24H,3-5,8-9,12H2,1-2H3,(H,21,25). The Morgan fingerprint density at radius 1 is 1.32 bits per heavy atom. The molecule has 2 aliphatic rings. The Balaban J connectivity index is 1.67. The van der Waals surface area contributed by atoms with Crippen molar-refractivity contribution in [2.24, 2.45) is 5.92 Å². The van der Waals surface area contributed by atoms with Crippen molar-refractivity contribution in [2.75, 3.05) is 6.61 Å². The van der Waals surface area contributed by atoms with Gasteiger partial charge in [0.05, 0.1) is 17.8 Å². The molecule has 0 radical (unpaired) electrons. The monoisotopic (exact) mass is 339 g/mol. The fourth-order valence-corrected chi connectivity index (χ4v) is 3.83. The van der Waals surface area contributed by atoms with Gasteiger partial charge in [-0.1, -0.05) is 17.7 Å². The zero-order chi connectivity index (χ0) is 17.6. The van der Waals surface area contributed by atoms with E-state index in [0.29, 0.717) is 11.6 Å². The first-order valence-electron chi connectivity index (χ1n) is 9.13. The van der Waals surface area contributed by atoms with Crippen LogP contribution in [0.2, 0.25) is 0 Å². The first-order valence-corrected chi connectivity index (χ1v) is 9.13. The molecule has 2 N–H and O–H groups in total. The van der Waals surface area contributed by atoms with Gasteiger partial charge in [-0.3, -0.25) is 4.79 Å². The molecule has 0 saturated heterocycles. The average molecular weight is 339 g/mol. The number of aliphatic hydroxyl groups is 1. The number of aliphatic hydroxyl groups excluding tert-OH is 1. The van der Waals surface area contributed by atoms with E-state index in [0.717, 1.165) is 49.0 Å². The van der Waals surface area contributed by atoms with Crippen molar-refractivity contribution in [1.82, 2.24) is 15.1 Å². The molecule has 4 rings (SSSR count). The SMILES string of the molecule is Cc1ccc(-n2nc(C(=O)NC(C)(CO)C3CC3)c3c2CCC3)cc1. The highest BCUT2D eigenvalue weighted by atomic mass is 16.3. The van der Waals surface area contributed by atoms with E-state index in [4.69, 9.17) is 0 Å². The van der Waals surface area contributed by atoms with E-state index in [1.54, 1.807) is 0 Å². The molecule has 2 aromatic rings. The summed E-state index contributed by atoms with van der Waals surface area (Å²) in [5.74, 6) is 0.209. The molecule has 1 heterocycles. The van der Waals surface area contributed by atoms with Gasteiger partial charge in [0.1, 0.15) is 0 Å². The number of nitrogens with one attached hydrogen (secondary N) is 1. The van der Waals surface area contributed by atoms with Crippen LogP contribution in [0.5, 0.6) is 0 Å². The zero-order valence-electron chi connectivity index (χ0n) is 14.9. The van der Waals surface area contributed by atoms with Crippen molar-refractivity contribution in [1.29, 1.82) is 0 Å². The number of rotatable bonds is 5. The minimum absolute atomic E-state index is 0.0374. The summed E-state index contributed by atoms with van der Waals surface area (Å²) in [5.41, 5.74) is 4.38. The molecule has 1 fully saturated rings. The van der Waals surface area contributed by atoms with Gasteiger partial charge in [0.15, 0.2) is 5.69 Å². The number of aromatic nitrogens is 2. The lowest BCUT2D eigenvalue weighted by Crippen LogP contribution is -2.51. The average Bonchev–Trinajstić information content (AvgIpc) is 3.25. The summed E-state index contributed by atoms with van der Waals surface area (Å²) in [6.07, 6.45) is 5.02. The van der Waals surface area contributed by atoms with Crippen molar-refractivity contribution in [2.45, 2.75) is 51.5 Å². The number of benzene rings is 1. The lowest BCUT2D eigenvalue weighted by atomic mass is 9.96. The van der Waals surface area contributed by atoms with Crippen molar-refractivity contribution < 1.29 is 9.90 Å². The molecule has 1 aromatic heterocycles. The van der Waals surface area contributed by atoms with Crippen LogP contribution in [0, 0.1) is 12.8 Å². The van der Waals surface area contributed by atoms with Gasteiger partial charge >= 0.3 is 0 Å². The van der Waals surface area contributed by atoms with Gasteiger partial charge in [-0.25, -0.2) is 4.68 Å². The Bertz CT molecular complexity index is 805. The largest absolute Gasteiger partial charge is 0.394 e. The maximum absolute atomic E-state index is 12.9. The van der Waals surface area contributed by atoms with Crippen LogP contribution < -0.4 is 5.32 Å². The van der Waals surface area contributed by atoms with Crippen LogP contribution in [-0.2, 0) is 12.8 Å². The van der Waals surface area contributed by atoms with Crippen LogP contribution in [0.1, 0.15) is 53.5 Å². The molecule has 25 heavy (non-hydrogen) atoms. The van der Waals surface area contributed by atoms with Crippen LogP contribution in [0.4, 0.5) is 0 Å². The second-order valence-electron chi connectivity index (χ2n) is 7.68. The Morgan fingerprint density at radius 3 is 2.68 bits per heavy atom. The predicted molar refractivity (Wildman–Crippen MR) is 96.0 cm³/mol. The quantitative estimate of drug-likeness (QED) is 0.880. The van der Waals surface area contributed by atoms with Gasteiger partial charge in [0.25, 0.3) is 5.91 Å². The fourth-order valence-electron chi connectivity index (χ4n) is 3.83. The third-order valence-corrected chi connectivity index (χ3v) is 5.63. The molecular weight excluding hydrogens is 314 g/mol. The van der Waals surface area contributed by atoms with Crippen molar-refractivity contribution >= 4 is 5.91 Å². The summed E-state index contributed by atoms with van der Waals surface area (Å²) in [6, 6.07) is 8.22. The van der Waals surface area contributed by atoms with Gasteiger partial charge in [0, 0.05) is 11.3 Å². The van der Waals surface area contributed by atoms with Crippen molar-refractivity contribution in [3.63, 3.8) is 0 Å². The lowest BCUT2D eigenvalue weighted by molar-refractivity contribution is 0.0818. The molecule has 5 nitrogen and oxygen atoms in total. The Labute approximate surface area is 148 Å². The van der Waals surface area contributed by atoms with Crippen molar-refractivity contribution in [3.05, 3.63) is 46.8 Å². The van der Waals surface area contributed by atoms with Crippen LogP contribution in [0.3, 0.4) is 0 Å². The van der Waals surface area contributed by atoms with Crippen LogP contribution >= 0.6 is 0 Å². The minimum atomic E-state index is -0.545. The number of hydrogen-bond donors (Lipinski definition) is 2. The normalized spacial score (nSPS) is 18.7. The van der Waals surface area contributed by atoms with E-state index >= 15 is 0 Å². The Hall–Kier alpha value is -2.14. The van der Waals surface area contributed by atoms with Crippen LogP contribution in [0.25, 0.3) is 5.69 Å². The number of amides is 1. The molecule has 1 atom stereocenters. The van der Waals surface area contributed by atoms with E-state index in [1.807, 2.05) is 23.7 Å². The number of aryl methyl sites for hydroxylation is 1. The molecule has 2 aliphatic carbocycles. The molecule has 1 aromatic carbocycles. The van der Waals surface area contributed by atoms with Gasteiger partial charge in [-0.2, -0.15) is 5.10 Å². The molecule has 1 amide bonds. The zero-order valence-corrected chi connectivity index (χ0v) is 14.9. The first kappa shape index (κ1) is 16.3. The van der Waals surface area contributed by atoms with E-state index in [2.05, 4.69) is 29.5 Å². The summed E-state index contributed by atoms with van der Waals surface area (Å²) < 4.78 is 1.92. The molecule has 1 unspecified atom stereocenters. The summed E-state index contributed by atoms with van der Waals surface area (Å²) >= 11 is 0. The highest BCUT2D eigenvalue weighted by Gasteiger charge is 2.43. The van der Waals surface area contributed by atoms with Gasteiger partial charge in [-0.15, -0.1) is 0 Å². The third-order valence-electron chi connectivity index (χ3n) is 5.63. The minimum Gasteiger partial charge on any atom is -0.394 e. The molecular formula is C20H25N3O2. The smallest absolute Gasteiger partial charge is 0.272 e. The Kier molecular flexibility index (Phi) is 3.91. The van der Waals surface area contributed by atoms with E-state index < -0.39 is 5.54 Å². The molecule has 5 heteroatoms. The maximum atomic E-state index is 12.9. The number of carbonyl (C=O) groups excluding carboxylic acids is 1. The second-order valence-corrected chi connectivity index (χ2v) is 7.68. The van der Waals surface area contributed by atoms with Gasteiger partial charge in [0.2, 0.25) is 0 Å². The van der Waals surface area contributed by atoms with Crippen LogP contribution in [0.15, 0.2) is 24.3 Å². The number of hydrogen-bond acceptors (Lipinski definition) is 3. The summed E-state index contributed by atoms with van der Waals surface area (Å²) in [7, 11) is 0. The van der Waals surface area contributed by atoms with E-state index in [1.165, 1.54) is 5.56 Å². The molecule has 132 valence electrons. The molecule has 0 spiro atoms. The molecule has 0 aliphatic heterocycles. The first-order chi connectivity index (χ1) is 12.0. The van der Waals surface area contributed by atoms with Crippen molar-refractivity contribution in [3.8, 4) is 5.69 Å². The second kappa shape index (κ2) is 5.99. The Morgan fingerprint density at radius 2 is 2.04 bits per heavy atom. The van der Waals surface area contributed by atoms with E-state index in [9.17, 15) is 9.90 Å². The summed E-state index contributed by atoms with van der Waals surface area (Å²) in [5, 5.41) is 17.5. The summed E-state index contributed by atoms with van der Waals surface area (Å²) in [4.78, 5) is 12.9. The number of nitrogens with zero attached hydrogens (tertiary/aromatic N) is 2. The van der Waals surface area contributed by atoms with Gasteiger partial charge in [-0.05, 0) is 64.0 Å². The topological polar surface area (TPSA) is 67.2 Å². The number of carbonyl (C=O) groups is 1. The third kappa shape index (κ3) is 2.86. The number of fused-ring (bicyclic) bond motifs is 1.